The fourth-order valence-corrected chi connectivity index (χ4v) is 3.76. The molecule has 0 spiro atoms. The molecule has 0 aliphatic rings. The molecule has 2 amide bonds. The minimum Gasteiger partial charge on any atom is -0.333 e. The van der Waals surface area contributed by atoms with Crippen LogP contribution in [0.25, 0.3) is 5.69 Å². The summed E-state index contributed by atoms with van der Waals surface area (Å²) < 4.78 is 1.82. The molecule has 0 aliphatic heterocycles. The maximum absolute atomic E-state index is 13.0. The van der Waals surface area contributed by atoms with Crippen molar-refractivity contribution in [2.75, 3.05) is 18.4 Å². The van der Waals surface area contributed by atoms with E-state index in [1.807, 2.05) is 29.8 Å². The van der Waals surface area contributed by atoms with Gasteiger partial charge in [-0.3, -0.25) is 9.59 Å². The van der Waals surface area contributed by atoms with Gasteiger partial charge in [0.2, 0.25) is 11.8 Å². The van der Waals surface area contributed by atoms with E-state index in [1.54, 1.807) is 4.90 Å². The average Bonchev–Trinajstić information content (AvgIpc) is 3.16. The summed E-state index contributed by atoms with van der Waals surface area (Å²) in [6.07, 6.45) is 5.53. The number of nitrogens with zero attached hydrogens (tertiary/aromatic N) is 3. The number of aryl methyl sites for hydroxylation is 1. The molecular weight excluding hydrogens is 412 g/mol. The first-order chi connectivity index (χ1) is 15.6. The van der Waals surface area contributed by atoms with Crippen LogP contribution in [0.5, 0.6) is 0 Å². The first-order valence-corrected chi connectivity index (χ1v) is 12.3. The number of unbranched alkanes of at least 4 members (excludes halogenated alkanes) is 3. The van der Waals surface area contributed by atoms with E-state index >= 15 is 0 Å². The van der Waals surface area contributed by atoms with Gasteiger partial charge in [-0.05, 0) is 43.9 Å². The average molecular weight is 455 g/mol. The van der Waals surface area contributed by atoms with E-state index in [-0.39, 0.29) is 23.8 Å². The van der Waals surface area contributed by atoms with E-state index in [2.05, 4.69) is 52.9 Å². The number of anilines is 1. The Morgan fingerprint density at radius 3 is 2.42 bits per heavy atom. The van der Waals surface area contributed by atoms with Crippen LogP contribution in [0.3, 0.4) is 0 Å². The van der Waals surface area contributed by atoms with E-state index in [1.165, 1.54) is 5.56 Å². The van der Waals surface area contributed by atoms with Gasteiger partial charge in [0, 0.05) is 24.4 Å². The molecule has 6 heteroatoms. The predicted octanol–water partition coefficient (Wildman–Crippen LogP) is 5.93. The van der Waals surface area contributed by atoms with Crippen LogP contribution in [0, 0.1) is 13.8 Å². The summed E-state index contributed by atoms with van der Waals surface area (Å²) in [5.41, 5.74) is 3.96. The third kappa shape index (κ3) is 7.44. The molecule has 0 radical (unpaired) electrons. The van der Waals surface area contributed by atoms with E-state index < -0.39 is 0 Å². The van der Waals surface area contributed by atoms with Crippen LogP contribution in [0.1, 0.15) is 90.0 Å². The van der Waals surface area contributed by atoms with Gasteiger partial charge in [0.05, 0.1) is 17.9 Å². The van der Waals surface area contributed by atoms with Crippen LogP contribution in [0.4, 0.5) is 5.82 Å². The molecule has 0 unspecified atom stereocenters. The van der Waals surface area contributed by atoms with Crippen molar-refractivity contribution in [1.82, 2.24) is 14.7 Å². The van der Waals surface area contributed by atoms with Crippen molar-refractivity contribution in [3.8, 4) is 5.69 Å². The van der Waals surface area contributed by atoms with Gasteiger partial charge in [0.15, 0.2) is 0 Å². The second-order valence-corrected chi connectivity index (χ2v) is 9.97. The molecule has 2 rings (SSSR count). The van der Waals surface area contributed by atoms with Gasteiger partial charge in [-0.2, -0.15) is 5.10 Å². The lowest BCUT2D eigenvalue weighted by molar-refractivity contribution is -0.134. The molecule has 6 nitrogen and oxygen atoms in total. The van der Waals surface area contributed by atoms with E-state index in [4.69, 9.17) is 5.10 Å². The van der Waals surface area contributed by atoms with Crippen LogP contribution >= 0.6 is 0 Å². The van der Waals surface area contributed by atoms with Crippen LogP contribution < -0.4 is 5.32 Å². The number of carbonyl (C=O) groups excluding carboxylic acids is 2. The lowest BCUT2D eigenvalue weighted by atomic mass is 9.92. The molecule has 1 N–H and O–H groups in total. The normalized spacial score (nSPS) is 11.5. The highest BCUT2D eigenvalue weighted by Crippen LogP contribution is 2.28. The Morgan fingerprint density at radius 1 is 1.06 bits per heavy atom. The first-order valence-electron chi connectivity index (χ1n) is 12.3. The highest BCUT2D eigenvalue weighted by molar-refractivity contribution is 5.94. The van der Waals surface area contributed by atoms with Crippen molar-refractivity contribution in [1.29, 1.82) is 0 Å². The molecule has 0 bridgehead atoms. The smallest absolute Gasteiger partial charge is 0.245 e. The maximum atomic E-state index is 13.0. The zero-order valence-corrected chi connectivity index (χ0v) is 21.6. The van der Waals surface area contributed by atoms with Crippen molar-refractivity contribution < 1.29 is 9.59 Å². The number of aromatic nitrogens is 2. The van der Waals surface area contributed by atoms with Gasteiger partial charge in [-0.25, -0.2) is 4.68 Å². The van der Waals surface area contributed by atoms with Gasteiger partial charge < -0.3 is 10.2 Å². The van der Waals surface area contributed by atoms with Crippen molar-refractivity contribution in [3.63, 3.8) is 0 Å². The molecule has 182 valence electrons. The predicted molar refractivity (Wildman–Crippen MR) is 136 cm³/mol. The topological polar surface area (TPSA) is 67.2 Å². The number of amides is 2. The molecule has 1 aromatic heterocycles. The lowest BCUT2D eigenvalue weighted by Crippen LogP contribution is -2.38. The number of benzene rings is 1. The standard InChI is InChI=1S/C27H42N4O2/c1-8-10-11-12-16-26(33)30(17-9-2)19-25(32)28-24-18-23(27(5,6)7)29-31(24)22-15-13-14-20(3)21(22)4/h13-15,18H,8-12,16-17,19H2,1-7H3,(H,28,32). The molecule has 0 atom stereocenters. The van der Waals surface area contributed by atoms with Crippen LogP contribution in [0.2, 0.25) is 0 Å². The van der Waals surface area contributed by atoms with E-state index in [9.17, 15) is 9.59 Å². The second-order valence-electron chi connectivity index (χ2n) is 9.97. The summed E-state index contributed by atoms with van der Waals surface area (Å²) >= 11 is 0. The fraction of sp³-hybridized carbons (Fsp3) is 0.593. The van der Waals surface area contributed by atoms with Crippen LogP contribution in [-0.4, -0.2) is 39.6 Å². The highest BCUT2D eigenvalue weighted by Gasteiger charge is 2.23. The van der Waals surface area contributed by atoms with Crippen molar-refractivity contribution in [2.45, 2.75) is 92.4 Å². The summed E-state index contributed by atoms with van der Waals surface area (Å²) in [6.45, 7) is 15.3. The molecule has 0 aliphatic carbocycles. The summed E-state index contributed by atoms with van der Waals surface area (Å²) in [6, 6.07) is 8.03. The number of rotatable bonds is 11. The lowest BCUT2D eigenvalue weighted by Gasteiger charge is -2.22. The zero-order valence-electron chi connectivity index (χ0n) is 21.6. The Labute approximate surface area is 199 Å². The molecule has 33 heavy (non-hydrogen) atoms. The Bertz CT molecular complexity index is 940. The van der Waals surface area contributed by atoms with Crippen molar-refractivity contribution in [3.05, 3.63) is 41.1 Å². The summed E-state index contributed by atoms with van der Waals surface area (Å²) in [7, 11) is 0. The van der Waals surface area contributed by atoms with E-state index in [0.717, 1.165) is 49.0 Å². The number of nitrogens with one attached hydrogen (secondary N) is 1. The molecule has 1 aromatic carbocycles. The molecule has 1 heterocycles. The third-order valence-corrected chi connectivity index (χ3v) is 5.97. The number of hydrogen-bond donors (Lipinski definition) is 1. The Hall–Kier alpha value is -2.63. The zero-order chi connectivity index (χ0) is 24.6. The van der Waals surface area contributed by atoms with Crippen molar-refractivity contribution >= 4 is 17.6 Å². The Morgan fingerprint density at radius 2 is 1.79 bits per heavy atom. The van der Waals surface area contributed by atoms with Gasteiger partial charge in [0.1, 0.15) is 5.82 Å². The van der Waals surface area contributed by atoms with Gasteiger partial charge >= 0.3 is 0 Å². The largest absolute Gasteiger partial charge is 0.333 e. The molecule has 0 fully saturated rings. The molecule has 0 saturated carbocycles. The molecular formula is C27H42N4O2. The second kappa shape index (κ2) is 12.0. The highest BCUT2D eigenvalue weighted by atomic mass is 16.2. The minimum atomic E-state index is -0.197. The van der Waals surface area contributed by atoms with E-state index in [0.29, 0.717) is 18.8 Å². The van der Waals surface area contributed by atoms with Crippen molar-refractivity contribution in [2.24, 2.45) is 0 Å². The number of carbonyl (C=O) groups is 2. The van der Waals surface area contributed by atoms with Gasteiger partial charge in [-0.15, -0.1) is 0 Å². The third-order valence-electron chi connectivity index (χ3n) is 5.97. The Kier molecular flexibility index (Phi) is 9.69. The fourth-order valence-electron chi connectivity index (χ4n) is 3.76. The van der Waals surface area contributed by atoms with Gasteiger partial charge in [-0.1, -0.05) is 66.0 Å². The summed E-state index contributed by atoms with van der Waals surface area (Å²) in [5.74, 6) is 0.490. The monoisotopic (exact) mass is 454 g/mol. The quantitative estimate of drug-likeness (QED) is 0.428. The minimum absolute atomic E-state index is 0.0570. The molecule has 2 aromatic rings. The Balaban J connectivity index is 2.23. The summed E-state index contributed by atoms with van der Waals surface area (Å²) in [4.78, 5) is 27.4. The van der Waals surface area contributed by atoms with Gasteiger partial charge in [0.25, 0.3) is 0 Å². The number of hydrogen-bond acceptors (Lipinski definition) is 3. The molecule has 0 saturated heterocycles. The first kappa shape index (κ1) is 26.6. The summed E-state index contributed by atoms with van der Waals surface area (Å²) in [5, 5.41) is 7.87. The van der Waals surface area contributed by atoms with Crippen LogP contribution in [-0.2, 0) is 15.0 Å². The SMILES string of the molecule is CCCCCCC(=O)N(CCC)CC(=O)Nc1cc(C(C)(C)C)nn1-c1cccc(C)c1C. The maximum Gasteiger partial charge on any atom is 0.245 e. The van der Waals surface area contributed by atoms with Crippen LogP contribution in [0.15, 0.2) is 24.3 Å².